The van der Waals surface area contributed by atoms with Crippen molar-refractivity contribution in [3.8, 4) is 5.75 Å². The Labute approximate surface area is 195 Å². The minimum atomic E-state index is -0.774. The Morgan fingerprint density at radius 2 is 1.50 bits per heavy atom. The summed E-state index contributed by atoms with van der Waals surface area (Å²) in [7, 11) is 0. The van der Waals surface area contributed by atoms with Gasteiger partial charge in [-0.1, -0.05) is 86.6 Å². The van der Waals surface area contributed by atoms with Gasteiger partial charge in [0, 0.05) is 6.42 Å². The van der Waals surface area contributed by atoms with E-state index in [1.807, 2.05) is 49.4 Å². The van der Waals surface area contributed by atoms with Gasteiger partial charge in [0.25, 0.3) is 0 Å². The van der Waals surface area contributed by atoms with Gasteiger partial charge in [-0.05, 0) is 59.3 Å². The summed E-state index contributed by atoms with van der Waals surface area (Å²) in [5, 5.41) is 20.3. The third kappa shape index (κ3) is 5.18. The van der Waals surface area contributed by atoms with Crippen molar-refractivity contribution < 1.29 is 15.0 Å². The molecule has 0 aromatic heterocycles. The Bertz CT molecular complexity index is 990. The number of thioether (sulfide) groups is 1. The minimum absolute atomic E-state index is 0.144. The van der Waals surface area contributed by atoms with E-state index in [-0.39, 0.29) is 6.42 Å². The SMILES string of the molecule is Cc1ccc(C(SCCCC(=O)O)(c2ccccc2)c2ccccc2)c(CC(C)C)c1O. The van der Waals surface area contributed by atoms with Crippen molar-refractivity contribution in [2.75, 3.05) is 5.75 Å². The molecule has 3 rings (SSSR count). The maximum absolute atomic E-state index is 11.1. The Morgan fingerprint density at radius 3 is 2.00 bits per heavy atom. The van der Waals surface area contributed by atoms with E-state index in [1.165, 1.54) is 0 Å². The second-order valence-corrected chi connectivity index (χ2v) is 9.92. The van der Waals surface area contributed by atoms with Crippen LogP contribution in [0.4, 0.5) is 0 Å². The van der Waals surface area contributed by atoms with E-state index >= 15 is 0 Å². The molecule has 2 N–H and O–H groups in total. The molecule has 0 fully saturated rings. The van der Waals surface area contributed by atoms with Crippen LogP contribution in [-0.2, 0) is 16.0 Å². The smallest absolute Gasteiger partial charge is 0.303 e. The molecule has 0 heterocycles. The number of benzene rings is 3. The summed E-state index contributed by atoms with van der Waals surface area (Å²) >= 11 is 1.75. The normalized spacial score (nSPS) is 11.6. The summed E-state index contributed by atoms with van der Waals surface area (Å²) in [6.45, 7) is 6.27. The van der Waals surface area contributed by atoms with Gasteiger partial charge < -0.3 is 10.2 Å². The molecule has 4 heteroatoms. The van der Waals surface area contributed by atoms with Crippen molar-refractivity contribution in [3.63, 3.8) is 0 Å². The second-order valence-electron chi connectivity index (χ2n) is 8.61. The van der Waals surface area contributed by atoms with Crippen molar-refractivity contribution >= 4 is 17.7 Å². The topological polar surface area (TPSA) is 57.5 Å². The predicted octanol–water partition coefficient (Wildman–Crippen LogP) is 6.79. The fourth-order valence-corrected chi connectivity index (χ4v) is 5.76. The molecular weight excluding hydrogens is 416 g/mol. The Kier molecular flexibility index (Phi) is 8.03. The van der Waals surface area contributed by atoms with Crippen molar-refractivity contribution in [2.24, 2.45) is 5.92 Å². The molecule has 0 bridgehead atoms. The largest absolute Gasteiger partial charge is 0.507 e. The fourth-order valence-electron chi connectivity index (χ4n) is 4.21. The molecule has 0 aliphatic rings. The molecule has 3 nitrogen and oxygen atoms in total. The lowest BCUT2D eigenvalue weighted by molar-refractivity contribution is -0.137. The average Bonchev–Trinajstić information content (AvgIpc) is 2.79. The molecule has 0 atom stereocenters. The number of hydrogen-bond acceptors (Lipinski definition) is 3. The van der Waals surface area contributed by atoms with Crippen LogP contribution in [0.1, 0.15) is 54.5 Å². The van der Waals surface area contributed by atoms with E-state index in [0.717, 1.165) is 34.2 Å². The van der Waals surface area contributed by atoms with E-state index in [9.17, 15) is 9.90 Å². The van der Waals surface area contributed by atoms with Crippen LogP contribution < -0.4 is 0 Å². The van der Waals surface area contributed by atoms with E-state index < -0.39 is 10.7 Å². The Hall–Kier alpha value is -2.72. The van der Waals surface area contributed by atoms with Crippen molar-refractivity contribution in [1.82, 2.24) is 0 Å². The molecular formula is C28H32O3S. The van der Waals surface area contributed by atoms with Crippen LogP contribution in [0.2, 0.25) is 0 Å². The van der Waals surface area contributed by atoms with Gasteiger partial charge in [-0.15, -0.1) is 11.8 Å². The maximum Gasteiger partial charge on any atom is 0.303 e. The van der Waals surface area contributed by atoms with Crippen LogP contribution in [-0.4, -0.2) is 21.9 Å². The number of aromatic hydroxyl groups is 1. The third-order valence-corrected chi connectivity index (χ3v) is 7.31. The first-order valence-electron chi connectivity index (χ1n) is 11.1. The molecule has 3 aromatic rings. The van der Waals surface area contributed by atoms with Crippen LogP contribution in [0, 0.1) is 12.8 Å². The number of rotatable bonds is 10. The molecule has 168 valence electrons. The van der Waals surface area contributed by atoms with Crippen LogP contribution in [0.15, 0.2) is 72.8 Å². The molecule has 0 aliphatic carbocycles. The number of carbonyl (C=O) groups is 1. The zero-order chi connectivity index (χ0) is 23.1. The first kappa shape index (κ1) is 23.9. The highest BCUT2D eigenvalue weighted by atomic mass is 32.2. The summed E-state index contributed by atoms with van der Waals surface area (Å²) in [4.78, 5) is 11.1. The van der Waals surface area contributed by atoms with Gasteiger partial charge >= 0.3 is 5.97 Å². The molecule has 0 saturated heterocycles. The number of aryl methyl sites for hydroxylation is 1. The molecule has 3 aromatic carbocycles. The van der Waals surface area contributed by atoms with Gasteiger partial charge in [0.05, 0.1) is 4.75 Å². The van der Waals surface area contributed by atoms with E-state index in [4.69, 9.17) is 5.11 Å². The second kappa shape index (κ2) is 10.7. The number of aliphatic carboxylic acids is 1. The number of carboxylic acids is 1. The van der Waals surface area contributed by atoms with Gasteiger partial charge in [-0.2, -0.15) is 0 Å². The van der Waals surface area contributed by atoms with Crippen LogP contribution in [0.3, 0.4) is 0 Å². The third-order valence-electron chi connectivity index (χ3n) is 5.69. The standard InChI is InChI=1S/C28H32O3S/c1-20(2)19-24-25(17-16-21(3)27(24)31)28(22-11-6-4-7-12-22,23-13-8-5-9-14-23)32-18-10-15-26(29)30/h4-9,11-14,16-17,20,31H,10,15,18-19H2,1-3H3,(H,29,30). The van der Waals surface area contributed by atoms with Gasteiger partial charge in [0.2, 0.25) is 0 Å². The maximum atomic E-state index is 11.1. The summed E-state index contributed by atoms with van der Waals surface area (Å²) in [5.74, 6) is 0.650. The first-order chi connectivity index (χ1) is 15.4. The van der Waals surface area contributed by atoms with Crippen LogP contribution in [0.25, 0.3) is 0 Å². The zero-order valence-electron chi connectivity index (χ0n) is 19.0. The van der Waals surface area contributed by atoms with Crippen molar-refractivity contribution in [2.45, 2.75) is 44.8 Å². The molecule has 0 radical (unpaired) electrons. The number of hydrogen-bond donors (Lipinski definition) is 2. The molecule has 0 aliphatic heterocycles. The summed E-state index contributed by atoms with van der Waals surface area (Å²) in [6, 6.07) is 24.9. The van der Waals surface area contributed by atoms with E-state index in [0.29, 0.717) is 23.8 Å². The van der Waals surface area contributed by atoms with Crippen LogP contribution in [0.5, 0.6) is 5.75 Å². The fraction of sp³-hybridized carbons (Fsp3) is 0.321. The quantitative estimate of drug-likeness (QED) is 0.265. The van der Waals surface area contributed by atoms with Gasteiger partial charge in [-0.3, -0.25) is 4.79 Å². The highest BCUT2D eigenvalue weighted by Crippen LogP contribution is 2.51. The van der Waals surface area contributed by atoms with Crippen molar-refractivity contribution in [1.29, 1.82) is 0 Å². The lowest BCUT2D eigenvalue weighted by Crippen LogP contribution is -2.28. The molecule has 0 unspecified atom stereocenters. The molecule has 0 amide bonds. The van der Waals surface area contributed by atoms with Crippen molar-refractivity contribution in [3.05, 3.63) is 101 Å². The van der Waals surface area contributed by atoms with Crippen LogP contribution >= 0.6 is 11.8 Å². The molecule has 0 saturated carbocycles. The lowest BCUT2D eigenvalue weighted by Gasteiger charge is -2.37. The average molecular weight is 449 g/mol. The van der Waals surface area contributed by atoms with E-state index in [2.05, 4.69) is 44.2 Å². The van der Waals surface area contributed by atoms with E-state index in [1.54, 1.807) is 11.8 Å². The Balaban J connectivity index is 2.29. The Morgan fingerprint density at radius 1 is 0.938 bits per heavy atom. The van der Waals surface area contributed by atoms with Gasteiger partial charge in [0.1, 0.15) is 5.75 Å². The summed E-state index contributed by atoms with van der Waals surface area (Å²) < 4.78 is -0.559. The minimum Gasteiger partial charge on any atom is -0.507 e. The monoisotopic (exact) mass is 448 g/mol. The van der Waals surface area contributed by atoms with Gasteiger partial charge in [0.15, 0.2) is 0 Å². The highest BCUT2D eigenvalue weighted by molar-refractivity contribution is 8.00. The summed E-state index contributed by atoms with van der Waals surface area (Å²) in [5.41, 5.74) is 5.17. The zero-order valence-corrected chi connectivity index (χ0v) is 19.9. The first-order valence-corrected chi connectivity index (χ1v) is 12.1. The number of phenolic OH excluding ortho intramolecular Hbond substituents is 1. The number of phenols is 1. The summed E-state index contributed by atoms with van der Waals surface area (Å²) in [6.07, 6.45) is 1.49. The highest BCUT2D eigenvalue weighted by Gasteiger charge is 2.39. The molecule has 0 spiro atoms. The number of carboxylic acid groups (broad SMARTS) is 1. The predicted molar refractivity (Wildman–Crippen MR) is 133 cm³/mol. The van der Waals surface area contributed by atoms with Gasteiger partial charge in [-0.25, -0.2) is 0 Å². The lowest BCUT2D eigenvalue weighted by atomic mass is 9.79. The molecule has 32 heavy (non-hydrogen) atoms.